The third kappa shape index (κ3) is 4.24. The van der Waals surface area contributed by atoms with Crippen molar-refractivity contribution < 1.29 is 9.47 Å². The predicted octanol–water partition coefficient (Wildman–Crippen LogP) is 3.42. The van der Waals surface area contributed by atoms with E-state index in [1.54, 1.807) is 6.08 Å². The van der Waals surface area contributed by atoms with E-state index in [2.05, 4.69) is 33.4 Å². The molecular weight excluding hydrogens is 188 g/mol. The molecule has 0 aromatic heterocycles. The molecule has 2 nitrogen and oxygen atoms in total. The van der Waals surface area contributed by atoms with Gasteiger partial charge in [-0.15, -0.1) is 0 Å². The third-order valence-corrected chi connectivity index (χ3v) is 2.03. The highest BCUT2D eigenvalue weighted by molar-refractivity contribution is 5.24. The largest absolute Gasteiger partial charge is 0.486 e. The molecule has 0 aromatic rings. The third-order valence-electron chi connectivity index (χ3n) is 2.03. The molecule has 0 unspecified atom stereocenters. The number of hydrogen-bond donors (Lipinski definition) is 0. The number of hydrogen-bond acceptors (Lipinski definition) is 2. The van der Waals surface area contributed by atoms with E-state index in [0.29, 0.717) is 18.6 Å². The van der Waals surface area contributed by atoms with Gasteiger partial charge in [0.15, 0.2) is 11.5 Å². The Morgan fingerprint density at radius 1 is 1.20 bits per heavy atom. The van der Waals surface area contributed by atoms with Crippen molar-refractivity contribution in [3.8, 4) is 0 Å². The zero-order chi connectivity index (χ0) is 11.3. The second-order valence-electron chi connectivity index (χ2n) is 4.80. The zero-order valence-corrected chi connectivity index (χ0v) is 9.88. The Kier molecular flexibility index (Phi) is 4.01. The van der Waals surface area contributed by atoms with E-state index >= 15 is 0 Å². The molecule has 0 amide bonds. The quantitative estimate of drug-likeness (QED) is 0.707. The topological polar surface area (TPSA) is 18.5 Å². The van der Waals surface area contributed by atoms with Crippen molar-refractivity contribution in [1.82, 2.24) is 0 Å². The Morgan fingerprint density at radius 3 is 2.33 bits per heavy atom. The minimum absolute atomic E-state index is 0.306. The first kappa shape index (κ1) is 11.9. The van der Waals surface area contributed by atoms with Crippen LogP contribution >= 0.6 is 0 Å². The van der Waals surface area contributed by atoms with E-state index in [0.717, 1.165) is 17.9 Å². The first-order valence-electron chi connectivity index (χ1n) is 5.32. The fourth-order valence-electron chi connectivity index (χ4n) is 1.25. The van der Waals surface area contributed by atoms with Gasteiger partial charge in [-0.25, -0.2) is 0 Å². The maximum atomic E-state index is 5.49. The normalized spacial score (nSPS) is 17.5. The molecule has 0 fully saturated rings. The number of allylic oxidation sites excluding steroid dienone is 3. The highest BCUT2D eigenvalue weighted by Crippen LogP contribution is 2.21. The van der Waals surface area contributed by atoms with E-state index < -0.39 is 0 Å². The molecule has 0 bridgehead atoms. The van der Waals surface area contributed by atoms with Gasteiger partial charge in [-0.2, -0.15) is 0 Å². The Bertz CT molecular complexity index is 279. The summed E-state index contributed by atoms with van der Waals surface area (Å²) in [4.78, 5) is 0. The minimum atomic E-state index is 0.306. The molecule has 1 heterocycles. The Morgan fingerprint density at radius 2 is 1.80 bits per heavy atom. The monoisotopic (exact) mass is 208 g/mol. The van der Waals surface area contributed by atoms with Gasteiger partial charge in [0.25, 0.3) is 0 Å². The summed E-state index contributed by atoms with van der Waals surface area (Å²) in [6.45, 7) is 11.5. The Labute approximate surface area is 92.3 Å². The van der Waals surface area contributed by atoms with Gasteiger partial charge in [0.1, 0.15) is 13.2 Å². The van der Waals surface area contributed by atoms with Crippen molar-refractivity contribution in [3.63, 3.8) is 0 Å². The van der Waals surface area contributed by atoms with Gasteiger partial charge in [-0.3, -0.25) is 0 Å². The predicted molar refractivity (Wildman–Crippen MR) is 62.3 cm³/mol. The summed E-state index contributed by atoms with van der Waals surface area (Å²) in [5.74, 6) is 1.53. The molecule has 0 aromatic carbocycles. The summed E-state index contributed by atoms with van der Waals surface area (Å²) < 4.78 is 10.9. The standard InChI is InChI=1S/C13H20O2/c1-5-11-12(15-10-9-14-11)7-6-8-13(2,3)4/h5-7H,1,8-10H2,2-4H3/b7-6-. The molecule has 2 heteroatoms. The first-order valence-corrected chi connectivity index (χ1v) is 5.32. The van der Waals surface area contributed by atoms with Crippen molar-refractivity contribution in [3.05, 3.63) is 36.3 Å². The lowest BCUT2D eigenvalue weighted by Gasteiger charge is -2.19. The smallest absolute Gasteiger partial charge is 0.161 e. The lowest BCUT2D eigenvalue weighted by atomic mass is 9.92. The molecule has 0 atom stereocenters. The van der Waals surface area contributed by atoms with E-state index in [4.69, 9.17) is 9.47 Å². The van der Waals surface area contributed by atoms with Gasteiger partial charge in [-0.05, 0) is 24.0 Å². The van der Waals surface area contributed by atoms with E-state index in [1.807, 2.05) is 6.08 Å². The average Bonchev–Trinajstić information content (AvgIpc) is 2.16. The van der Waals surface area contributed by atoms with Gasteiger partial charge in [0.2, 0.25) is 0 Å². The summed E-state index contributed by atoms with van der Waals surface area (Å²) in [6.07, 6.45) is 6.80. The minimum Gasteiger partial charge on any atom is -0.486 e. The first-order chi connectivity index (χ1) is 7.03. The summed E-state index contributed by atoms with van der Waals surface area (Å²) in [6, 6.07) is 0. The van der Waals surface area contributed by atoms with Crippen LogP contribution in [0.5, 0.6) is 0 Å². The second-order valence-corrected chi connectivity index (χ2v) is 4.80. The lowest BCUT2D eigenvalue weighted by molar-refractivity contribution is 0.0769. The van der Waals surface area contributed by atoms with Crippen molar-refractivity contribution in [1.29, 1.82) is 0 Å². The van der Waals surface area contributed by atoms with Crippen LogP contribution in [0.15, 0.2) is 36.3 Å². The number of ether oxygens (including phenoxy) is 2. The van der Waals surface area contributed by atoms with Crippen molar-refractivity contribution >= 4 is 0 Å². The summed E-state index contributed by atoms with van der Waals surface area (Å²) in [5.41, 5.74) is 0.306. The average molecular weight is 208 g/mol. The van der Waals surface area contributed by atoms with E-state index in [-0.39, 0.29) is 0 Å². The SMILES string of the molecule is C=CC1=C(/C=C\CC(C)(C)C)OCCO1. The maximum Gasteiger partial charge on any atom is 0.161 e. The van der Waals surface area contributed by atoms with Crippen LogP contribution in [0.3, 0.4) is 0 Å². The van der Waals surface area contributed by atoms with Crippen LogP contribution in [0.1, 0.15) is 27.2 Å². The highest BCUT2D eigenvalue weighted by atomic mass is 16.6. The van der Waals surface area contributed by atoms with Gasteiger partial charge in [0, 0.05) is 0 Å². The van der Waals surface area contributed by atoms with Crippen molar-refractivity contribution in [2.45, 2.75) is 27.2 Å². The number of rotatable bonds is 3. The molecule has 0 spiro atoms. The second kappa shape index (κ2) is 5.06. The van der Waals surface area contributed by atoms with Crippen LogP contribution in [0, 0.1) is 5.41 Å². The molecule has 0 saturated heterocycles. The molecule has 0 aliphatic carbocycles. The van der Waals surface area contributed by atoms with Crippen LogP contribution in [0.25, 0.3) is 0 Å². The van der Waals surface area contributed by atoms with Crippen LogP contribution in [0.2, 0.25) is 0 Å². The van der Waals surface area contributed by atoms with Crippen LogP contribution in [-0.2, 0) is 9.47 Å². The Balaban J connectivity index is 2.62. The summed E-state index contributed by atoms with van der Waals surface area (Å²) in [5, 5.41) is 0. The van der Waals surface area contributed by atoms with Gasteiger partial charge >= 0.3 is 0 Å². The Hall–Kier alpha value is -1.18. The molecule has 1 aliphatic heterocycles. The van der Waals surface area contributed by atoms with Crippen molar-refractivity contribution in [2.75, 3.05) is 13.2 Å². The summed E-state index contributed by atoms with van der Waals surface area (Å²) >= 11 is 0. The molecule has 0 radical (unpaired) electrons. The van der Waals surface area contributed by atoms with Crippen molar-refractivity contribution in [2.24, 2.45) is 5.41 Å². The molecule has 0 saturated carbocycles. The highest BCUT2D eigenvalue weighted by Gasteiger charge is 2.11. The fourth-order valence-corrected chi connectivity index (χ4v) is 1.25. The van der Waals surface area contributed by atoms with Crippen LogP contribution < -0.4 is 0 Å². The molecule has 1 aliphatic rings. The zero-order valence-electron chi connectivity index (χ0n) is 9.88. The van der Waals surface area contributed by atoms with Gasteiger partial charge < -0.3 is 9.47 Å². The summed E-state index contributed by atoms with van der Waals surface area (Å²) in [7, 11) is 0. The van der Waals surface area contributed by atoms with Crippen LogP contribution in [-0.4, -0.2) is 13.2 Å². The van der Waals surface area contributed by atoms with Gasteiger partial charge in [-0.1, -0.05) is 33.4 Å². The van der Waals surface area contributed by atoms with Gasteiger partial charge in [0.05, 0.1) is 0 Å². The molecule has 84 valence electrons. The fraction of sp³-hybridized carbons (Fsp3) is 0.538. The van der Waals surface area contributed by atoms with E-state index in [9.17, 15) is 0 Å². The molecule has 0 N–H and O–H groups in total. The lowest BCUT2D eigenvalue weighted by Crippen LogP contribution is -2.11. The van der Waals surface area contributed by atoms with E-state index in [1.165, 1.54) is 0 Å². The van der Waals surface area contributed by atoms with Crippen LogP contribution in [0.4, 0.5) is 0 Å². The molecule has 1 rings (SSSR count). The molecular formula is C13H20O2. The maximum absolute atomic E-state index is 5.49. The molecule has 15 heavy (non-hydrogen) atoms.